The zero-order chi connectivity index (χ0) is 21.5. The minimum absolute atomic E-state index is 0.252. The van der Waals surface area contributed by atoms with Crippen molar-refractivity contribution in [2.75, 3.05) is 7.05 Å². The highest BCUT2D eigenvalue weighted by Gasteiger charge is 2.23. The predicted molar refractivity (Wildman–Crippen MR) is 116 cm³/mol. The first-order chi connectivity index (χ1) is 14.5. The van der Waals surface area contributed by atoms with Gasteiger partial charge in [-0.1, -0.05) is 35.9 Å². The number of benzene rings is 3. The standard InChI is InChI=1S/C21H15ClFNO2S.CH5NO/c22-21-9-14(13-25)8-17-11-24(12-20(17)21)26-27-19-3-1-2-16(10-19)15-4-6-18(23)7-5-15;1-2-3/h1-10,13H,11-12H2;2-3H,1H3. The van der Waals surface area contributed by atoms with E-state index in [1.54, 1.807) is 28.7 Å². The lowest BCUT2D eigenvalue weighted by molar-refractivity contribution is -0.0430. The Morgan fingerprint density at radius 2 is 1.87 bits per heavy atom. The number of hydrogen-bond acceptors (Lipinski definition) is 6. The Hall–Kier alpha value is -2.26. The fourth-order valence-electron chi connectivity index (χ4n) is 3.04. The zero-order valence-corrected chi connectivity index (χ0v) is 17.7. The van der Waals surface area contributed by atoms with Gasteiger partial charge in [-0.05, 0) is 58.7 Å². The van der Waals surface area contributed by atoms with Crippen molar-refractivity contribution in [1.82, 2.24) is 10.5 Å². The van der Waals surface area contributed by atoms with E-state index in [-0.39, 0.29) is 5.82 Å². The van der Waals surface area contributed by atoms with Gasteiger partial charge >= 0.3 is 0 Å². The van der Waals surface area contributed by atoms with E-state index in [2.05, 4.69) is 0 Å². The van der Waals surface area contributed by atoms with Crippen molar-refractivity contribution in [3.05, 3.63) is 88.2 Å². The van der Waals surface area contributed by atoms with Crippen LogP contribution in [0.3, 0.4) is 0 Å². The number of carbonyl (C=O) groups is 1. The van der Waals surface area contributed by atoms with Crippen LogP contribution in [0.25, 0.3) is 11.1 Å². The summed E-state index contributed by atoms with van der Waals surface area (Å²) in [4.78, 5) is 11.9. The van der Waals surface area contributed by atoms with Crippen molar-refractivity contribution in [1.29, 1.82) is 0 Å². The molecule has 8 heteroatoms. The van der Waals surface area contributed by atoms with E-state index in [0.717, 1.165) is 33.4 Å². The Labute approximate surface area is 183 Å². The molecule has 4 rings (SSSR count). The first-order valence-corrected chi connectivity index (χ1v) is 10.2. The van der Waals surface area contributed by atoms with E-state index in [0.29, 0.717) is 23.7 Å². The molecule has 3 aromatic rings. The highest BCUT2D eigenvalue weighted by Crippen LogP contribution is 2.34. The quantitative estimate of drug-likeness (QED) is 0.306. The van der Waals surface area contributed by atoms with Crippen molar-refractivity contribution < 1.29 is 18.7 Å². The average Bonchev–Trinajstić information content (AvgIpc) is 3.17. The molecule has 2 N–H and O–H groups in total. The molecule has 0 radical (unpaired) electrons. The molecule has 156 valence electrons. The highest BCUT2D eigenvalue weighted by molar-refractivity contribution is 7.94. The van der Waals surface area contributed by atoms with Gasteiger partial charge in [0.2, 0.25) is 0 Å². The molecule has 0 aromatic heterocycles. The van der Waals surface area contributed by atoms with E-state index in [4.69, 9.17) is 21.1 Å². The van der Waals surface area contributed by atoms with Gasteiger partial charge < -0.3 is 5.21 Å². The molecule has 0 bridgehead atoms. The van der Waals surface area contributed by atoms with Crippen LogP contribution in [0.15, 0.2) is 65.6 Å². The fourth-order valence-corrected chi connectivity index (χ4v) is 3.96. The smallest absolute Gasteiger partial charge is 0.150 e. The summed E-state index contributed by atoms with van der Waals surface area (Å²) in [6.45, 7) is 1.14. The summed E-state index contributed by atoms with van der Waals surface area (Å²) in [7, 11) is 1.43. The second kappa shape index (κ2) is 10.7. The number of nitrogens with one attached hydrogen (secondary N) is 1. The van der Waals surface area contributed by atoms with Gasteiger partial charge in [0.15, 0.2) is 0 Å². The largest absolute Gasteiger partial charge is 0.317 e. The summed E-state index contributed by atoms with van der Waals surface area (Å²) < 4.78 is 19.0. The number of aldehydes is 1. The predicted octanol–water partition coefficient (Wildman–Crippen LogP) is 5.51. The third-order valence-corrected chi connectivity index (χ3v) is 5.45. The second-order valence-electron chi connectivity index (χ2n) is 6.47. The van der Waals surface area contributed by atoms with Gasteiger partial charge in [-0.25, -0.2) is 14.2 Å². The van der Waals surface area contributed by atoms with Crippen LogP contribution in [0.4, 0.5) is 4.39 Å². The number of rotatable bonds is 5. The molecule has 0 aliphatic carbocycles. The summed E-state index contributed by atoms with van der Waals surface area (Å²) in [5.74, 6) is -0.252. The van der Waals surface area contributed by atoms with Crippen LogP contribution in [0.5, 0.6) is 0 Å². The van der Waals surface area contributed by atoms with Crippen molar-refractivity contribution in [3.8, 4) is 11.1 Å². The molecule has 0 amide bonds. The van der Waals surface area contributed by atoms with Gasteiger partial charge in [-0.3, -0.25) is 4.79 Å². The Kier molecular flexibility index (Phi) is 7.98. The van der Waals surface area contributed by atoms with Crippen molar-refractivity contribution in [3.63, 3.8) is 0 Å². The molecule has 0 saturated carbocycles. The Bertz CT molecular complexity index is 1020. The van der Waals surface area contributed by atoms with Crippen molar-refractivity contribution in [2.24, 2.45) is 0 Å². The van der Waals surface area contributed by atoms with Crippen LogP contribution in [-0.2, 0) is 17.4 Å². The zero-order valence-electron chi connectivity index (χ0n) is 16.1. The van der Waals surface area contributed by atoms with E-state index in [1.807, 2.05) is 30.3 Å². The summed E-state index contributed by atoms with van der Waals surface area (Å²) in [6.07, 6.45) is 0.797. The van der Waals surface area contributed by atoms with Gasteiger partial charge in [0.05, 0.1) is 25.1 Å². The molecule has 0 spiro atoms. The maximum Gasteiger partial charge on any atom is 0.150 e. The number of hydroxylamine groups is 3. The maximum absolute atomic E-state index is 13.1. The normalized spacial score (nSPS) is 12.8. The van der Waals surface area contributed by atoms with Crippen LogP contribution in [-0.4, -0.2) is 23.6 Å². The molecule has 30 heavy (non-hydrogen) atoms. The third-order valence-electron chi connectivity index (χ3n) is 4.38. The van der Waals surface area contributed by atoms with E-state index in [9.17, 15) is 9.18 Å². The maximum atomic E-state index is 13.1. The third kappa shape index (κ3) is 5.66. The van der Waals surface area contributed by atoms with Crippen molar-refractivity contribution in [2.45, 2.75) is 18.0 Å². The first kappa shape index (κ1) is 22.4. The van der Waals surface area contributed by atoms with Gasteiger partial charge in [-0.2, -0.15) is 5.06 Å². The summed E-state index contributed by atoms with van der Waals surface area (Å²) in [6, 6.07) is 17.8. The molecule has 0 atom stereocenters. The topological polar surface area (TPSA) is 61.8 Å². The van der Waals surface area contributed by atoms with E-state index >= 15 is 0 Å². The van der Waals surface area contributed by atoms with Crippen LogP contribution < -0.4 is 5.48 Å². The molecule has 0 unspecified atom stereocenters. The number of fused-ring (bicyclic) bond motifs is 1. The monoisotopic (exact) mass is 446 g/mol. The van der Waals surface area contributed by atoms with Crippen LogP contribution >= 0.6 is 23.6 Å². The molecule has 5 nitrogen and oxygen atoms in total. The van der Waals surface area contributed by atoms with E-state index < -0.39 is 0 Å². The lowest BCUT2D eigenvalue weighted by atomic mass is 10.1. The number of carbonyl (C=O) groups excluding carboxylic acids is 1. The Morgan fingerprint density at radius 3 is 2.57 bits per heavy atom. The van der Waals surface area contributed by atoms with Crippen LogP contribution in [0.1, 0.15) is 21.5 Å². The van der Waals surface area contributed by atoms with E-state index in [1.165, 1.54) is 31.2 Å². The van der Waals surface area contributed by atoms with Crippen LogP contribution in [0.2, 0.25) is 5.02 Å². The van der Waals surface area contributed by atoms with Crippen LogP contribution in [0, 0.1) is 5.82 Å². The minimum Gasteiger partial charge on any atom is -0.317 e. The number of nitrogens with zero attached hydrogens (tertiary/aromatic N) is 1. The SMILES string of the molecule is CNO.O=Cc1cc(Cl)c2c(c1)CN(OSc1cccc(-c3ccc(F)cc3)c1)C2. The summed E-state index contributed by atoms with van der Waals surface area (Å²) >= 11 is 7.52. The fraction of sp³-hybridized carbons (Fsp3) is 0.136. The Balaban J connectivity index is 0.000000806. The van der Waals surface area contributed by atoms with Gasteiger partial charge in [-0.15, -0.1) is 0 Å². The molecular weight excluding hydrogens is 427 g/mol. The molecule has 1 heterocycles. The second-order valence-corrected chi connectivity index (χ2v) is 7.67. The number of hydrogen-bond donors (Lipinski definition) is 2. The molecule has 3 aromatic carbocycles. The van der Waals surface area contributed by atoms with Gasteiger partial charge in [0.1, 0.15) is 12.1 Å². The molecular formula is C22H20ClFN2O3S. The lowest BCUT2D eigenvalue weighted by Crippen LogP contribution is -2.12. The molecule has 0 saturated heterocycles. The highest BCUT2D eigenvalue weighted by atomic mass is 35.5. The average molecular weight is 447 g/mol. The molecule has 0 fully saturated rings. The summed E-state index contributed by atoms with van der Waals surface area (Å²) in [5, 5.41) is 9.71. The number of halogens is 2. The summed E-state index contributed by atoms with van der Waals surface area (Å²) in [5.41, 5.74) is 6.25. The first-order valence-electron chi connectivity index (χ1n) is 9.07. The van der Waals surface area contributed by atoms with Gasteiger partial charge in [0.25, 0.3) is 0 Å². The molecule has 1 aliphatic heterocycles. The molecule has 1 aliphatic rings. The van der Waals surface area contributed by atoms with Crippen molar-refractivity contribution >= 4 is 29.9 Å². The minimum atomic E-state index is -0.252. The van der Waals surface area contributed by atoms with Gasteiger partial charge in [0, 0.05) is 22.5 Å². The lowest BCUT2D eigenvalue weighted by Gasteiger charge is -2.13. The Morgan fingerprint density at radius 1 is 1.13 bits per heavy atom.